The Morgan fingerprint density at radius 3 is 2.44 bits per heavy atom. The van der Waals surface area contributed by atoms with E-state index in [4.69, 9.17) is 4.74 Å². The maximum atomic E-state index is 13.4. The van der Waals surface area contributed by atoms with Gasteiger partial charge in [-0.15, -0.1) is 11.3 Å². The molecule has 0 radical (unpaired) electrons. The average Bonchev–Trinajstić information content (AvgIpc) is 3.45. The molecular weight excluding hydrogens is 422 g/mol. The SMILES string of the molecule is COCCCN(CC(=O)N(Cc1ccccc1)Cc1cccn1C)C(=O)Cc1cccs1. The summed E-state index contributed by atoms with van der Waals surface area (Å²) in [6.45, 7) is 2.09. The summed E-state index contributed by atoms with van der Waals surface area (Å²) in [4.78, 5) is 30.9. The Hall–Kier alpha value is -2.90. The zero-order valence-electron chi connectivity index (χ0n) is 18.8. The number of aryl methyl sites for hydroxylation is 1. The average molecular weight is 454 g/mol. The Labute approximate surface area is 194 Å². The molecule has 0 aliphatic rings. The Kier molecular flexibility index (Phi) is 9.07. The van der Waals surface area contributed by atoms with E-state index in [0.717, 1.165) is 16.1 Å². The van der Waals surface area contributed by atoms with Gasteiger partial charge in [-0.25, -0.2) is 0 Å². The zero-order chi connectivity index (χ0) is 22.8. The molecule has 0 fully saturated rings. The third kappa shape index (κ3) is 7.07. The largest absolute Gasteiger partial charge is 0.385 e. The van der Waals surface area contributed by atoms with Crippen LogP contribution in [0, 0.1) is 0 Å². The van der Waals surface area contributed by atoms with Crippen LogP contribution in [0.2, 0.25) is 0 Å². The van der Waals surface area contributed by atoms with Gasteiger partial charge < -0.3 is 19.1 Å². The van der Waals surface area contributed by atoms with Crippen LogP contribution in [-0.4, -0.2) is 53.0 Å². The highest BCUT2D eigenvalue weighted by Crippen LogP contribution is 2.14. The first kappa shape index (κ1) is 23.8. The number of thiophene rings is 1. The quantitative estimate of drug-likeness (QED) is 0.393. The number of benzene rings is 1. The summed E-state index contributed by atoms with van der Waals surface area (Å²) < 4.78 is 7.18. The van der Waals surface area contributed by atoms with Gasteiger partial charge in [-0.3, -0.25) is 9.59 Å². The zero-order valence-corrected chi connectivity index (χ0v) is 19.6. The molecule has 0 aliphatic carbocycles. The number of methoxy groups -OCH3 is 1. The highest BCUT2D eigenvalue weighted by Gasteiger charge is 2.22. The summed E-state index contributed by atoms with van der Waals surface area (Å²) in [7, 11) is 3.62. The molecular formula is C25H31N3O3S. The smallest absolute Gasteiger partial charge is 0.242 e. The van der Waals surface area contributed by atoms with E-state index < -0.39 is 0 Å². The summed E-state index contributed by atoms with van der Waals surface area (Å²) in [5, 5.41) is 1.96. The van der Waals surface area contributed by atoms with Gasteiger partial charge in [0.25, 0.3) is 0 Å². The van der Waals surface area contributed by atoms with Gasteiger partial charge in [0.15, 0.2) is 0 Å². The van der Waals surface area contributed by atoms with Crippen molar-refractivity contribution in [1.29, 1.82) is 0 Å². The van der Waals surface area contributed by atoms with Crippen molar-refractivity contribution < 1.29 is 14.3 Å². The van der Waals surface area contributed by atoms with Crippen LogP contribution in [0.5, 0.6) is 0 Å². The molecule has 170 valence electrons. The molecule has 2 heterocycles. The van der Waals surface area contributed by atoms with Gasteiger partial charge in [0, 0.05) is 50.6 Å². The second kappa shape index (κ2) is 12.2. The van der Waals surface area contributed by atoms with Crippen LogP contribution in [-0.2, 0) is 40.9 Å². The van der Waals surface area contributed by atoms with Crippen LogP contribution >= 0.6 is 11.3 Å². The van der Waals surface area contributed by atoms with Crippen molar-refractivity contribution in [3.8, 4) is 0 Å². The molecule has 0 bridgehead atoms. The van der Waals surface area contributed by atoms with Gasteiger partial charge >= 0.3 is 0 Å². The standard InChI is InChI=1S/C25H31N3O3S/c1-26-13-6-11-22(26)19-28(18-21-9-4-3-5-10-21)25(30)20-27(14-8-15-31-2)24(29)17-23-12-7-16-32-23/h3-7,9-13,16H,8,14-15,17-20H2,1-2H3. The van der Waals surface area contributed by atoms with Crippen LogP contribution in [0.4, 0.5) is 0 Å². The van der Waals surface area contributed by atoms with Crippen LogP contribution < -0.4 is 0 Å². The van der Waals surface area contributed by atoms with Gasteiger partial charge in [-0.1, -0.05) is 36.4 Å². The van der Waals surface area contributed by atoms with E-state index >= 15 is 0 Å². The molecule has 0 N–H and O–H groups in total. The van der Waals surface area contributed by atoms with Crippen LogP contribution in [0.3, 0.4) is 0 Å². The molecule has 6 nitrogen and oxygen atoms in total. The second-order valence-electron chi connectivity index (χ2n) is 7.76. The number of ether oxygens (including phenoxy) is 1. The maximum absolute atomic E-state index is 13.4. The fraction of sp³-hybridized carbons (Fsp3) is 0.360. The minimum Gasteiger partial charge on any atom is -0.385 e. The first-order valence-electron chi connectivity index (χ1n) is 10.8. The van der Waals surface area contributed by atoms with Gasteiger partial charge in [-0.2, -0.15) is 0 Å². The minimum atomic E-state index is -0.0630. The summed E-state index contributed by atoms with van der Waals surface area (Å²) in [5.74, 6) is -0.0950. The van der Waals surface area contributed by atoms with E-state index in [0.29, 0.717) is 39.1 Å². The van der Waals surface area contributed by atoms with E-state index in [1.165, 1.54) is 0 Å². The molecule has 0 saturated carbocycles. The Bertz CT molecular complexity index is 970. The van der Waals surface area contributed by atoms with Crippen molar-refractivity contribution >= 4 is 23.2 Å². The summed E-state index contributed by atoms with van der Waals surface area (Å²) >= 11 is 1.56. The Balaban J connectivity index is 1.74. The van der Waals surface area contributed by atoms with Crippen LogP contribution in [0.1, 0.15) is 22.6 Å². The van der Waals surface area contributed by atoms with E-state index in [2.05, 4.69) is 0 Å². The number of aromatic nitrogens is 1. The molecule has 1 aromatic carbocycles. The van der Waals surface area contributed by atoms with Gasteiger partial charge in [0.2, 0.25) is 11.8 Å². The van der Waals surface area contributed by atoms with E-state index in [1.807, 2.05) is 82.7 Å². The monoisotopic (exact) mass is 453 g/mol. The molecule has 0 spiro atoms. The van der Waals surface area contributed by atoms with Crippen LogP contribution in [0.25, 0.3) is 0 Å². The summed E-state index contributed by atoms with van der Waals surface area (Å²) in [5.41, 5.74) is 2.11. The fourth-order valence-electron chi connectivity index (χ4n) is 3.52. The van der Waals surface area contributed by atoms with Crippen molar-refractivity contribution in [1.82, 2.24) is 14.4 Å². The molecule has 2 amide bonds. The van der Waals surface area contributed by atoms with Crippen LogP contribution in [0.15, 0.2) is 66.2 Å². The van der Waals surface area contributed by atoms with Crippen molar-refractivity contribution in [2.45, 2.75) is 25.9 Å². The molecule has 0 aliphatic heterocycles. The molecule has 2 aromatic heterocycles. The van der Waals surface area contributed by atoms with E-state index in [9.17, 15) is 9.59 Å². The predicted molar refractivity (Wildman–Crippen MR) is 127 cm³/mol. The third-order valence-corrected chi connectivity index (χ3v) is 6.21. The fourth-order valence-corrected chi connectivity index (χ4v) is 4.22. The summed E-state index contributed by atoms with van der Waals surface area (Å²) in [6, 6.07) is 17.8. The molecule has 32 heavy (non-hydrogen) atoms. The van der Waals surface area contributed by atoms with Crippen molar-refractivity contribution in [3.05, 3.63) is 82.3 Å². The lowest BCUT2D eigenvalue weighted by molar-refractivity contribution is -0.141. The number of nitrogens with zero attached hydrogens (tertiary/aromatic N) is 3. The number of carbonyl (C=O) groups is 2. The number of hydrogen-bond acceptors (Lipinski definition) is 4. The molecule has 7 heteroatoms. The number of hydrogen-bond donors (Lipinski definition) is 0. The predicted octanol–water partition coefficient (Wildman–Crippen LogP) is 3.72. The molecule has 0 saturated heterocycles. The summed E-state index contributed by atoms with van der Waals surface area (Å²) in [6.07, 6.45) is 2.98. The lowest BCUT2D eigenvalue weighted by Gasteiger charge is -2.28. The first-order chi connectivity index (χ1) is 15.6. The minimum absolute atomic E-state index is 0.0320. The number of amides is 2. The molecule has 3 rings (SSSR count). The third-order valence-electron chi connectivity index (χ3n) is 5.33. The Morgan fingerprint density at radius 1 is 0.969 bits per heavy atom. The van der Waals surface area contributed by atoms with Crippen molar-refractivity contribution in [2.24, 2.45) is 7.05 Å². The molecule has 0 atom stereocenters. The highest BCUT2D eigenvalue weighted by atomic mass is 32.1. The molecule has 3 aromatic rings. The number of rotatable bonds is 12. The van der Waals surface area contributed by atoms with Gasteiger partial charge in [0.05, 0.1) is 19.5 Å². The van der Waals surface area contributed by atoms with E-state index in [-0.39, 0.29) is 18.4 Å². The second-order valence-corrected chi connectivity index (χ2v) is 8.80. The Morgan fingerprint density at radius 2 is 1.78 bits per heavy atom. The van der Waals surface area contributed by atoms with E-state index in [1.54, 1.807) is 23.3 Å². The topological polar surface area (TPSA) is 54.8 Å². The highest BCUT2D eigenvalue weighted by molar-refractivity contribution is 7.10. The molecule has 0 unspecified atom stereocenters. The van der Waals surface area contributed by atoms with Crippen molar-refractivity contribution in [3.63, 3.8) is 0 Å². The maximum Gasteiger partial charge on any atom is 0.242 e. The lowest BCUT2D eigenvalue weighted by Crippen LogP contribution is -2.43. The number of carbonyl (C=O) groups excluding carboxylic acids is 2. The normalized spacial score (nSPS) is 10.8. The first-order valence-corrected chi connectivity index (χ1v) is 11.7. The van der Waals surface area contributed by atoms with Gasteiger partial charge in [-0.05, 0) is 35.6 Å². The van der Waals surface area contributed by atoms with Gasteiger partial charge in [0.1, 0.15) is 0 Å². The lowest BCUT2D eigenvalue weighted by atomic mass is 10.2. The van der Waals surface area contributed by atoms with Crippen molar-refractivity contribution in [2.75, 3.05) is 26.8 Å².